The third-order valence-corrected chi connectivity index (χ3v) is 12.8. The second kappa shape index (κ2) is 29.2. The van der Waals surface area contributed by atoms with Crippen molar-refractivity contribution in [2.45, 2.75) is 92.1 Å². The van der Waals surface area contributed by atoms with E-state index in [-0.39, 0.29) is 55.2 Å². The fourth-order valence-corrected chi connectivity index (χ4v) is 8.26. The summed E-state index contributed by atoms with van der Waals surface area (Å²) in [7, 11) is 0. The summed E-state index contributed by atoms with van der Waals surface area (Å²) in [6.07, 6.45) is -9.08. The minimum absolute atomic E-state index is 0.00916. The van der Waals surface area contributed by atoms with Gasteiger partial charge in [0.1, 0.15) is 18.2 Å². The quantitative estimate of drug-likeness (QED) is 0.0350. The Hall–Kier alpha value is -7.00. The monoisotopic (exact) mass is 1400 g/mol. The summed E-state index contributed by atoms with van der Waals surface area (Å²) in [5.74, 6) is -4.78. The molecular weight excluding hydrogens is 1350 g/mol. The van der Waals surface area contributed by atoms with Gasteiger partial charge in [-0.05, 0) is 125 Å². The molecule has 0 fully saturated rings. The van der Waals surface area contributed by atoms with Gasteiger partial charge in [0, 0.05) is 22.8 Å². The Morgan fingerprint density at radius 2 is 1.02 bits per heavy atom. The number of esters is 1. The molecule has 2 heterocycles. The summed E-state index contributed by atoms with van der Waals surface area (Å²) in [5.41, 5.74) is 0.962. The van der Waals surface area contributed by atoms with Gasteiger partial charge in [-0.25, -0.2) is 9.59 Å². The lowest BCUT2D eigenvalue weighted by Crippen LogP contribution is -2.50. The SMILES string of the molecule is BrB(Br)Br.Cc1cc(Cn2nc(C(F)(F)F)cc2C)ccc1NC(=O)c1cccc(Cl)c1C(=O)NC(C)(C)C(=O)O.Cc1cc(Cn2nc(C(F)(F)F)cc2C)ccc1NC(=O)c1cccc(Cl)c1C(=O)NC(C)C(=O)OCc1ccccc1. The number of hydrogen-bond donors (Lipinski definition) is 5. The van der Waals surface area contributed by atoms with Crippen LogP contribution >= 0.6 is 70.5 Å². The molecule has 0 saturated heterocycles. The van der Waals surface area contributed by atoms with Crippen LogP contribution in [0.25, 0.3) is 0 Å². The van der Waals surface area contributed by atoms with Crippen molar-refractivity contribution in [3.63, 3.8) is 0 Å². The van der Waals surface area contributed by atoms with Crippen LogP contribution in [0.15, 0.2) is 115 Å². The van der Waals surface area contributed by atoms with Crippen LogP contribution in [0.1, 0.15) is 113 Å². The van der Waals surface area contributed by atoms with Gasteiger partial charge < -0.3 is 31.1 Å². The number of alkyl halides is 6. The highest BCUT2D eigenvalue weighted by Gasteiger charge is 2.36. The van der Waals surface area contributed by atoms with Crippen LogP contribution in [0.5, 0.6) is 0 Å². The van der Waals surface area contributed by atoms with Gasteiger partial charge in [-0.15, -0.1) is 47.3 Å². The topological polar surface area (TPSA) is 216 Å². The van der Waals surface area contributed by atoms with Crippen LogP contribution in [0, 0.1) is 27.7 Å². The van der Waals surface area contributed by atoms with Crippen LogP contribution < -0.4 is 21.3 Å². The fraction of sp³-hybridized carbons (Fsp3) is 0.250. The number of rotatable bonds is 16. The van der Waals surface area contributed by atoms with E-state index >= 15 is 0 Å². The number of hydrogen-bond acceptors (Lipinski definition) is 9. The summed E-state index contributed by atoms with van der Waals surface area (Å²) < 4.78 is 85.9. The summed E-state index contributed by atoms with van der Waals surface area (Å²) in [6.45, 7) is 10.8. The standard InChI is InChI=1S/C31H28ClF3N4O4.C25H24ClF3N4O4.BBr3/c1-18-14-22(16-39-19(2)15-26(38-39)31(33,34)35)12-13-25(18)37-28(40)23-10-7-11-24(32)27(23)29(41)36-20(3)30(42)43-17-21-8-5-4-6-9-21;1-13-10-15(12-33-14(2)11-19(32-33)25(27,28)29)8-9-18(13)30-21(34)16-6-5-7-17(26)20(16)22(35)31-24(3,4)23(36)37;2-1(3)4/h4-15,20H,16-17H2,1-3H3,(H,36,41)(H,37,40);5-11H,12H2,1-4H3,(H,30,34)(H,31,35)(H,36,37);. The number of aliphatic carboxylic acids is 1. The van der Waals surface area contributed by atoms with E-state index in [0.717, 1.165) is 17.7 Å². The summed E-state index contributed by atoms with van der Waals surface area (Å²) in [6, 6.07) is 28.6. The number of benzene rings is 5. The highest BCUT2D eigenvalue weighted by atomic mass is 79.9. The molecule has 84 heavy (non-hydrogen) atoms. The first-order chi connectivity index (χ1) is 39.2. The van der Waals surface area contributed by atoms with E-state index in [0.29, 0.717) is 45.0 Å². The minimum atomic E-state index is -4.54. The number of ether oxygens (including phenoxy) is 1. The van der Waals surface area contributed by atoms with Crippen LogP contribution in [0.2, 0.25) is 10.0 Å². The Morgan fingerprint density at radius 3 is 1.40 bits per heavy atom. The molecule has 7 aromatic rings. The van der Waals surface area contributed by atoms with Crippen molar-refractivity contribution in [2.24, 2.45) is 0 Å². The molecule has 16 nitrogen and oxygen atoms in total. The highest BCUT2D eigenvalue weighted by Crippen LogP contribution is 2.31. The van der Waals surface area contributed by atoms with Crippen molar-refractivity contribution in [1.29, 1.82) is 0 Å². The molecule has 0 aliphatic rings. The number of carboxylic acid groups (broad SMARTS) is 1. The molecule has 0 aliphatic carbocycles. The molecule has 0 aliphatic heterocycles. The van der Waals surface area contributed by atoms with E-state index in [1.807, 2.05) is 18.2 Å². The van der Waals surface area contributed by atoms with Crippen LogP contribution in [0.4, 0.5) is 37.7 Å². The van der Waals surface area contributed by atoms with Gasteiger partial charge >= 0.3 is 27.5 Å². The lowest BCUT2D eigenvalue weighted by molar-refractivity contribution is -0.147. The van der Waals surface area contributed by atoms with Crippen molar-refractivity contribution in [3.8, 4) is 0 Å². The zero-order chi connectivity index (χ0) is 62.6. The number of nitrogens with zero attached hydrogens (tertiary/aromatic N) is 4. The molecular formula is C56H52BBr3Cl2F6N8O8. The molecule has 1 atom stereocenters. The first-order valence-corrected chi connectivity index (χ1v) is 28.3. The summed E-state index contributed by atoms with van der Waals surface area (Å²) in [4.78, 5) is 76.2. The second-order valence-electron chi connectivity index (χ2n) is 19.1. The number of carbonyl (C=O) groups is 6. The average molecular weight is 1400 g/mol. The van der Waals surface area contributed by atoms with E-state index in [9.17, 15) is 60.2 Å². The Bertz CT molecular complexity index is 3570. The Kier molecular flexibility index (Phi) is 23.6. The van der Waals surface area contributed by atoms with Crippen LogP contribution in [-0.2, 0) is 46.4 Å². The largest absolute Gasteiger partial charge is 0.480 e. The maximum atomic E-state index is 13.3. The van der Waals surface area contributed by atoms with Crippen molar-refractivity contribution < 1.29 is 65.0 Å². The lowest BCUT2D eigenvalue weighted by Gasteiger charge is -2.22. The number of carbonyl (C=O) groups excluding carboxylic acids is 5. The third kappa shape index (κ3) is 19.0. The number of amides is 4. The van der Waals surface area contributed by atoms with E-state index in [4.69, 9.17) is 27.9 Å². The molecule has 0 bridgehead atoms. The van der Waals surface area contributed by atoms with Gasteiger partial charge in [-0.1, -0.05) is 89.9 Å². The number of aryl methyl sites for hydroxylation is 4. The maximum Gasteiger partial charge on any atom is 0.435 e. The lowest BCUT2D eigenvalue weighted by atomic mass is 10.0. The Balaban J connectivity index is 0.000000292. The van der Waals surface area contributed by atoms with E-state index in [1.54, 1.807) is 62.4 Å². The van der Waals surface area contributed by atoms with Crippen molar-refractivity contribution in [3.05, 3.63) is 198 Å². The third-order valence-electron chi connectivity index (χ3n) is 12.1. The summed E-state index contributed by atoms with van der Waals surface area (Å²) >= 11 is 21.8. The zero-order valence-electron chi connectivity index (χ0n) is 45.5. The Morgan fingerprint density at radius 1 is 0.607 bits per heavy atom. The number of carboxylic acids is 1. The van der Waals surface area contributed by atoms with Crippen molar-refractivity contribution in [1.82, 2.24) is 30.2 Å². The molecule has 0 saturated carbocycles. The molecule has 0 spiro atoms. The van der Waals surface area contributed by atoms with Gasteiger partial charge in [0.25, 0.3) is 23.6 Å². The Labute approximate surface area is 513 Å². The number of nitrogens with one attached hydrogen (secondary N) is 4. The first kappa shape index (κ1) is 67.8. The predicted octanol–water partition coefficient (Wildman–Crippen LogP) is 13.6. The van der Waals surface area contributed by atoms with Gasteiger partial charge in [-0.2, -0.15) is 36.5 Å². The summed E-state index contributed by atoms with van der Waals surface area (Å²) in [5, 5.41) is 26.9. The molecule has 28 heteroatoms. The van der Waals surface area contributed by atoms with E-state index in [1.165, 1.54) is 80.4 Å². The average Bonchev–Trinajstić information content (AvgIpc) is 4.14. The molecule has 7 rings (SSSR count). The van der Waals surface area contributed by atoms with Crippen LogP contribution in [-0.4, -0.2) is 75.0 Å². The molecule has 5 N–H and O–H groups in total. The predicted molar refractivity (Wildman–Crippen MR) is 318 cm³/mol. The van der Waals surface area contributed by atoms with Gasteiger partial charge in [-0.3, -0.25) is 28.5 Å². The molecule has 1 unspecified atom stereocenters. The first-order valence-electron chi connectivity index (χ1n) is 24.8. The van der Waals surface area contributed by atoms with Crippen molar-refractivity contribution in [2.75, 3.05) is 10.6 Å². The number of aromatic nitrogens is 4. The number of halogens is 11. The van der Waals surface area contributed by atoms with Crippen molar-refractivity contribution >= 4 is 121 Å². The zero-order valence-corrected chi connectivity index (χ0v) is 51.8. The van der Waals surface area contributed by atoms with E-state index in [2.05, 4.69) is 78.7 Å². The fourth-order valence-electron chi connectivity index (χ4n) is 7.74. The molecule has 444 valence electrons. The van der Waals surface area contributed by atoms with Crippen LogP contribution in [0.3, 0.4) is 0 Å². The van der Waals surface area contributed by atoms with Gasteiger partial charge in [0.2, 0.25) is 0 Å². The van der Waals surface area contributed by atoms with Gasteiger partial charge in [0.05, 0.1) is 45.4 Å². The molecule has 2 aromatic heterocycles. The molecule has 4 amide bonds. The molecule has 0 radical (unpaired) electrons. The molecule has 5 aromatic carbocycles. The minimum Gasteiger partial charge on any atom is -0.480 e. The normalized spacial score (nSPS) is 11.6. The second-order valence-corrected chi connectivity index (χ2v) is 26.4. The number of anilines is 2. The highest BCUT2D eigenvalue weighted by molar-refractivity contribution is 9.69. The smallest absolute Gasteiger partial charge is 0.435 e. The van der Waals surface area contributed by atoms with E-state index < -0.39 is 70.9 Å². The maximum absolute atomic E-state index is 13.3. The van der Waals surface area contributed by atoms with Gasteiger partial charge in [0.15, 0.2) is 11.4 Å².